The first kappa shape index (κ1) is 15.8. The highest BCUT2D eigenvalue weighted by Crippen LogP contribution is 2.25. The maximum Gasteiger partial charge on any atom is 0.226 e. The number of carbonyl (C=O) groups excluding carboxylic acids is 1. The summed E-state index contributed by atoms with van der Waals surface area (Å²) in [5.74, 6) is 0.559. The van der Waals surface area contributed by atoms with E-state index in [9.17, 15) is 4.79 Å². The van der Waals surface area contributed by atoms with Gasteiger partial charge in [-0.2, -0.15) is 0 Å². The van der Waals surface area contributed by atoms with Crippen LogP contribution >= 0.6 is 11.3 Å². The van der Waals surface area contributed by atoms with E-state index >= 15 is 0 Å². The Morgan fingerprint density at radius 3 is 2.82 bits per heavy atom. The Balaban J connectivity index is 1.66. The Labute approximate surface area is 137 Å². The van der Waals surface area contributed by atoms with Gasteiger partial charge in [0, 0.05) is 36.6 Å². The van der Waals surface area contributed by atoms with Crippen LogP contribution in [0.1, 0.15) is 37.0 Å². The molecule has 120 valence electrons. The molecule has 4 heteroatoms. The molecule has 3 rings (SSSR count). The smallest absolute Gasteiger partial charge is 0.226 e. The third kappa shape index (κ3) is 3.99. The van der Waals surface area contributed by atoms with Crippen molar-refractivity contribution >= 4 is 17.2 Å². The van der Waals surface area contributed by atoms with Crippen LogP contribution in [0.5, 0.6) is 0 Å². The molecular formula is C18H25NO2S. The van der Waals surface area contributed by atoms with Crippen LogP contribution in [-0.2, 0) is 16.0 Å². The summed E-state index contributed by atoms with van der Waals surface area (Å²) in [6, 6.07) is 4.62. The Hall–Kier alpha value is -1.13. The van der Waals surface area contributed by atoms with Gasteiger partial charge in [-0.1, -0.05) is 18.2 Å². The van der Waals surface area contributed by atoms with Crippen molar-refractivity contribution in [3.05, 3.63) is 34.5 Å². The summed E-state index contributed by atoms with van der Waals surface area (Å²) < 4.78 is 5.48. The Kier molecular flexibility index (Phi) is 5.68. The molecule has 1 amide bonds. The number of carbonyl (C=O) groups is 1. The molecule has 1 aromatic heterocycles. The highest BCUT2D eigenvalue weighted by molar-refractivity contribution is 7.09. The fourth-order valence-corrected chi connectivity index (χ4v) is 4.11. The van der Waals surface area contributed by atoms with Gasteiger partial charge < -0.3 is 9.64 Å². The average molecular weight is 319 g/mol. The lowest BCUT2D eigenvalue weighted by Crippen LogP contribution is -2.47. The summed E-state index contributed by atoms with van der Waals surface area (Å²) in [5, 5.41) is 2.11. The molecule has 0 aromatic carbocycles. The first-order valence-electron chi connectivity index (χ1n) is 8.40. The van der Waals surface area contributed by atoms with E-state index in [2.05, 4.69) is 34.6 Å². The van der Waals surface area contributed by atoms with Gasteiger partial charge in [0.15, 0.2) is 0 Å². The molecule has 1 unspecified atom stereocenters. The number of ether oxygens (including phenoxy) is 1. The highest BCUT2D eigenvalue weighted by atomic mass is 32.1. The minimum atomic E-state index is 0.191. The molecule has 1 fully saturated rings. The van der Waals surface area contributed by atoms with E-state index in [-0.39, 0.29) is 5.92 Å². The van der Waals surface area contributed by atoms with Gasteiger partial charge in [0.25, 0.3) is 0 Å². The third-order valence-electron chi connectivity index (χ3n) is 4.71. The Bertz CT molecular complexity index is 491. The van der Waals surface area contributed by atoms with Crippen LogP contribution in [-0.4, -0.2) is 36.6 Å². The lowest BCUT2D eigenvalue weighted by atomic mass is 9.92. The summed E-state index contributed by atoms with van der Waals surface area (Å²) in [4.78, 5) is 16.6. The van der Waals surface area contributed by atoms with Crippen molar-refractivity contribution in [3.8, 4) is 0 Å². The number of rotatable bonds is 5. The van der Waals surface area contributed by atoms with Crippen LogP contribution in [0.3, 0.4) is 0 Å². The summed E-state index contributed by atoms with van der Waals surface area (Å²) in [6.45, 7) is 2.43. The summed E-state index contributed by atoms with van der Waals surface area (Å²) in [6.07, 6.45) is 10.3. The molecule has 0 radical (unpaired) electrons. The molecule has 1 saturated heterocycles. The first-order chi connectivity index (χ1) is 10.8. The van der Waals surface area contributed by atoms with Crippen molar-refractivity contribution in [2.45, 2.75) is 44.6 Å². The fourth-order valence-electron chi connectivity index (χ4n) is 3.41. The average Bonchev–Trinajstić information content (AvgIpc) is 3.10. The molecule has 1 aliphatic carbocycles. The zero-order valence-electron chi connectivity index (χ0n) is 13.1. The van der Waals surface area contributed by atoms with Crippen LogP contribution in [0, 0.1) is 5.92 Å². The quantitative estimate of drug-likeness (QED) is 0.775. The molecule has 0 saturated carbocycles. The van der Waals surface area contributed by atoms with Gasteiger partial charge in [0.2, 0.25) is 5.91 Å². The molecule has 2 heterocycles. The minimum Gasteiger partial charge on any atom is -0.381 e. The van der Waals surface area contributed by atoms with Crippen molar-refractivity contribution in [1.82, 2.24) is 4.90 Å². The predicted octanol–water partition coefficient (Wildman–Crippen LogP) is 3.65. The SMILES string of the molecule is O=C(C1CC=CCC1)N(CCc1cccs1)C1CCOCC1. The van der Waals surface area contributed by atoms with Gasteiger partial charge in [-0.05, 0) is 50.0 Å². The van der Waals surface area contributed by atoms with Crippen molar-refractivity contribution < 1.29 is 9.53 Å². The molecular weight excluding hydrogens is 294 g/mol. The second kappa shape index (κ2) is 7.93. The second-order valence-corrected chi connectivity index (χ2v) is 7.22. The lowest BCUT2D eigenvalue weighted by Gasteiger charge is -2.37. The summed E-state index contributed by atoms with van der Waals surface area (Å²) in [7, 11) is 0. The van der Waals surface area contributed by atoms with Gasteiger partial charge >= 0.3 is 0 Å². The summed E-state index contributed by atoms with van der Waals surface area (Å²) in [5.41, 5.74) is 0. The van der Waals surface area contributed by atoms with E-state index in [1.165, 1.54) is 4.88 Å². The molecule has 2 aliphatic rings. The Morgan fingerprint density at radius 2 is 2.14 bits per heavy atom. The maximum atomic E-state index is 13.0. The number of amides is 1. The number of thiophene rings is 1. The molecule has 1 aromatic rings. The highest BCUT2D eigenvalue weighted by Gasteiger charge is 2.30. The maximum absolute atomic E-state index is 13.0. The Morgan fingerprint density at radius 1 is 1.27 bits per heavy atom. The zero-order chi connectivity index (χ0) is 15.2. The third-order valence-corrected chi connectivity index (χ3v) is 5.65. The summed E-state index contributed by atoms with van der Waals surface area (Å²) >= 11 is 1.79. The molecule has 1 aliphatic heterocycles. The van der Waals surface area contributed by atoms with Crippen molar-refractivity contribution in [2.75, 3.05) is 19.8 Å². The lowest BCUT2D eigenvalue weighted by molar-refractivity contribution is -0.140. The molecule has 0 bridgehead atoms. The minimum absolute atomic E-state index is 0.191. The van der Waals surface area contributed by atoms with Crippen molar-refractivity contribution in [3.63, 3.8) is 0 Å². The van der Waals surface area contributed by atoms with Crippen LogP contribution in [0.25, 0.3) is 0 Å². The van der Waals surface area contributed by atoms with E-state index < -0.39 is 0 Å². The molecule has 22 heavy (non-hydrogen) atoms. The number of nitrogens with zero attached hydrogens (tertiary/aromatic N) is 1. The second-order valence-electron chi connectivity index (χ2n) is 6.19. The first-order valence-corrected chi connectivity index (χ1v) is 9.28. The monoisotopic (exact) mass is 319 g/mol. The van der Waals surface area contributed by atoms with Gasteiger partial charge in [-0.15, -0.1) is 11.3 Å². The van der Waals surface area contributed by atoms with Gasteiger partial charge in [-0.25, -0.2) is 0 Å². The van der Waals surface area contributed by atoms with Crippen LogP contribution in [0.2, 0.25) is 0 Å². The normalized spacial score (nSPS) is 22.6. The van der Waals surface area contributed by atoms with Crippen LogP contribution < -0.4 is 0 Å². The molecule has 3 nitrogen and oxygen atoms in total. The van der Waals surface area contributed by atoms with Gasteiger partial charge in [0.05, 0.1) is 0 Å². The van der Waals surface area contributed by atoms with Gasteiger partial charge in [0.1, 0.15) is 0 Å². The van der Waals surface area contributed by atoms with Crippen LogP contribution in [0.4, 0.5) is 0 Å². The fraction of sp³-hybridized carbons (Fsp3) is 0.611. The molecule has 1 atom stereocenters. The standard InChI is InChI=1S/C18H25NO2S/c20-18(15-5-2-1-3-6-15)19(16-9-12-21-13-10-16)11-8-17-7-4-14-22-17/h1-2,4,7,14-16H,3,5-6,8-13H2. The van der Waals surface area contributed by atoms with E-state index in [1.807, 2.05) is 0 Å². The van der Waals surface area contributed by atoms with Crippen molar-refractivity contribution in [1.29, 1.82) is 0 Å². The number of hydrogen-bond acceptors (Lipinski definition) is 3. The van der Waals surface area contributed by atoms with Gasteiger partial charge in [-0.3, -0.25) is 4.79 Å². The van der Waals surface area contributed by atoms with E-state index in [0.29, 0.717) is 11.9 Å². The van der Waals surface area contributed by atoms with Crippen LogP contribution in [0.15, 0.2) is 29.7 Å². The van der Waals surface area contributed by atoms with E-state index in [1.54, 1.807) is 11.3 Å². The van der Waals surface area contributed by atoms with E-state index in [0.717, 1.165) is 58.3 Å². The van der Waals surface area contributed by atoms with Crippen molar-refractivity contribution in [2.24, 2.45) is 5.92 Å². The zero-order valence-corrected chi connectivity index (χ0v) is 13.9. The number of hydrogen-bond donors (Lipinski definition) is 0. The van der Waals surface area contributed by atoms with E-state index in [4.69, 9.17) is 4.74 Å². The number of allylic oxidation sites excluding steroid dienone is 2. The molecule has 0 N–H and O–H groups in total. The molecule has 0 spiro atoms. The topological polar surface area (TPSA) is 29.5 Å². The predicted molar refractivity (Wildman–Crippen MR) is 90.1 cm³/mol. The largest absolute Gasteiger partial charge is 0.381 e.